The van der Waals surface area contributed by atoms with Gasteiger partial charge in [-0.25, -0.2) is 4.39 Å². The number of benzene rings is 1. The summed E-state index contributed by atoms with van der Waals surface area (Å²) in [6.07, 6.45) is 2.40. The summed E-state index contributed by atoms with van der Waals surface area (Å²) in [6, 6.07) is 4.51. The second-order valence-corrected chi connectivity index (χ2v) is 4.12. The maximum atomic E-state index is 13.6. The highest BCUT2D eigenvalue weighted by Crippen LogP contribution is 2.27. The van der Waals surface area contributed by atoms with Crippen molar-refractivity contribution in [1.82, 2.24) is 4.90 Å². The molecule has 1 aromatic carbocycles. The number of phenols is 1. The average Bonchev–Trinajstić information content (AvgIpc) is 2.69. The van der Waals surface area contributed by atoms with E-state index < -0.39 is 0 Å². The Kier molecular flexibility index (Phi) is 2.91. The zero-order valence-electron chi connectivity index (χ0n) is 8.91. The first kappa shape index (κ1) is 10.4. The summed E-state index contributed by atoms with van der Waals surface area (Å²) in [7, 11) is 0. The molecule has 1 atom stereocenters. The molecule has 15 heavy (non-hydrogen) atoms. The van der Waals surface area contributed by atoms with Crippen LogP contribution in [0.4, 0.5) is 4.39 Å². The fraction of sp³-hybridized carbons (Fsp3) is 0.500. The van der Waals surface area contributed by atoms with E-state index in [1.54, 1.807) is 12.1 Å². The Labute approximate surface area is 89.3 Å². The van der Waals surface area contributed by atoms with Gasteiger partial charge < -0.3 is 5.11 Å². The molecule has 1 saturated heterocycles. The predicted molar refractivity (Wildman–Crippen MR) is 57.3 cm³/mol. The summed E-state index contributed by atoms with van der Waals surface area (Å²) in [5.41, 5.74) is 0.676. The van der Waals surface area contributed by atoms with Crippen LogP contribution in [-0.4, -0.2) is 23.1 Å². The third-order valence-electron chi connectivity index (χ3n) is 3.12. The van der Waals surface area contributed by atoms with Gasteiger partial charge in [0.1, 0.15) is 11.6 Å². The molecule has 0 aromatic heterocycles. The molecule has 1 heterocycles. The van der Waals surface area contributed by atoms with Gasteiger partial charge in [0, 0.05) is 17.7 Å². The van der Waals surface area contributed by atoms with Gasteiger partial charge in [0.05, 0.1) is 0 Å². The Morgan fingerprint density at radius 2 is 2.00 bits per heavy atom. The first-order valence-corrected chi connectivity index (χ1v) is 5.41. The molecule has 3 heteroatoms. The third kappa shape index (κ3) is 2.12. The van der Waals surface area contributed by atoms with Crippen LogP contribution in [0, 0.1) is 5.82 Å². The number of nitrogens with zero attached hydrogens (tertiary/aromatic N) is 1. The molecule has 2 nitrogen and oxygen atoms in total. The van der Waals surface area contributed by atoms with Crippen LogP contribution in [-0.2, 0) is 0 Å². The Balaban J connectivity index is 2.20. The van der Waals surface area contributed by atoms with Gasteiger partial charge in [-0.1, -0.05) is 6.07 Å². The summed E-state index contributed by atoms with van der Waals surface area (Å²) in [6.45, 7) is 4.10. The van der Waals surface area contributed by atoms with Gasteiger partial charge in [-0.15, -0.1) is 0 Å². The van der Waals surface area contributed by atoms with Crippen LogP contribution < -0.4 is 0 Å². The van der Waals surface area contributed by atoms with E-state index >= 15 is 0 Å². The average molecular weight is 209 g/mol. The van der Waals surface area contributed by atoms with Crippen molar-refractivity contribution >= 4 is 0 Å². The van der Waals surface area contributed by atoms with Crippen molar-refractivity contribution in [2.75, 3.05) is 13.1 Å². The zero-order chi connectivity index (χ0) is 10.8. The third-order valence-corrected chi connectivity index (χ3v) is 3.12. The molecular weight excluding hydrogens is 193 g/mol. The molecule has 1 aliphatic rings. The van der Waals surface area contributed by atoms with E-state index in [9.17, 15) is 4.39 Å². The molecule has 1 unspecified atom stereocenters. The van der Waals surface area contributed by atoms with Crippen LogP contribution in [0.15, 0.2) is 18.2 Å². The summed E-state index contributed by atoms with van der Waals surface area (Å²) in [4.78, 5) is 2.27. The second kappa shape index (κ2) is 4.19. The van der Waals surface area contributed by atoms with E-state index in [1.807, 2.05) is 6.92 Å². The first-order valence-electron chi connectivity index (χ1n) is 5.41. The Morgan fingerprint density at radius 1 is 1.33 bits per heavy atom. The number of phenolic OH excluding ortho intramolecular Hbond substituents is 1. The van der Waals surface area contributed by atoms with Crippen molar-refractivity contribution in [2.45, 2.75) is 25.8 Å². The SMILES string of the molecule is CC(c1ccc(O)cc1F)N1CCCC1. The van der Waals surface area contributed by atoms with E-state index in [0.717, 1.165) is 13.1 Å². The number of hydrogen-bond donors (Lipinski definition) is 1. The van der Waals surface area contributed by atoms with Crippen molar-refractivity contribution in [1.29, 1.82) is 0 Å². The van der Waals surface area contributed by atoms with Gasteiger partial charge in [0.15, 0.2) is 0 Å². The topological polar surface area (TPSA) is 23.5 Å². The summed E-state index contributed by atoms with van der Waals surface area (Å²) in [5.74, 6) is -0.320. The van der Waals surface area contributed by atoms with E-state index in [0.29, 0.717) is 5.56 Å². The maximum absolute atomic E-state index is 13.6. The lowest BCUT2D eigenvalue weighted by Crippen LogP contribution is -2.23. The summed E-state index contributed by atoms with van der Waals surface area (Å²) in [5, 5.41) is 9.13. The van der Waals surface area contributed by atoms with Crippen molar-refractivity contribution in [2.24, 2.45) is 0 Å². The fourth-order valence-corrected chi connectivity index (χ4v) is 2.18. The van der Waals surface area contributed by atoms with E-state index in [4.69, 9.17) is 5.11 Å². The van der Waals surface area contributed by atoms with Crippen molar-refractivity contribution < 1.29 is 9.50 Å². The zero-order valence-corrected chi connectivity index (χ0v) is 8.91. The van der Waals surface area contributed by atoms with Crippen molar-refractivity contribution in [3.8, 4) is 5.75 Å². The Hall–Kier alpha value is -1.09. The van der Waals surface area contributed by atoms with Gasteiger partial charge >= 0.3 is 0 Å². The molecule has 0 bridgehead atoms. The molecule has 1 aromatic rings. The standard InChI is InChI=1S/C12H16FNO/c1-9(14-6-2-3-7-14)11-5-4-10(15)8-12(11)13/h4-5,8-9,15H,2-3,6-7H2,1H3. The van der Waals surface area contributed by atoms with Crippen LogP contribution in [0.5, 0.6) is 5.75 Å². The molecule has 0 amide bonds. The van der Waals surface area contributed by atoms with E-state index in [2.05, 4.69) is 4.90 Å². The Morgan fingerprint density at radius 3 is 2.60 bits per heavy atom. The second-order valence-electron chi connectivity index (χ2n) is 4.12. The van der Waals surface area contributed by atoms with Crippen LogP contribution in [0.3, 0.4) is 0 Å². The lowest BCUT2D eigenvalue weighted by Gasteiger charge is -2.24. The molecule has 0 spiro atoms. The highest BCUT2D eigenvalue weighted by Gasteiger charge is 2.21. The predicted octanol–water partition coefficient (Wildman–Crippen LogP) is 2.69. The van der Waals surface area contributed by atoms with Crippen LogP contribution >= 0.6 is 0 Å². The minimum Gasteiger partial charge on any atom is -0.508 e. The minimum absolute atomic E-state index is 0.00938. The largest absolute Gasteiger partial charge is 0.508 e. The fourth-order valence-electron chi connectivity index (χ4n) is 2.18. The van der Waals surface area contributed by atoms with Gasteiger partial charge in [-0.2, -0.15) is 0 Å². The van der Waals surface area contributed by atoms with Gasteiger partial charge in [-0.3, -0.25) is 4.90 Å². The van der Waals surface area contributed by atoms with Gasteiger partial charge in [0.2, 0.25) is 0 Å². The van der Waals surface area contributed by atoms with Crippen molar-refractivity contribution in [3.63, 3.8) is 0 Å². The van der Waals surface area contributed by atoms with Gasteiger partial charge in [-0.05, 0) is 38.9 Å². The number of halogens is 1. The quantitative estimate of drug-likeness (QED) is 0.809. The molecule has 2 rings (SSSR count). The first-order chi connectivity index (χ1) is 7.18. The number of hydrogen-bond acceptors (Lipinski definition) is 2. The monoisotopic (exact) mass is 209 g/mol. The lowest BCUT2D eigenvalue weighted by molar-refractivity contribution is 0.257. The Bertz CT molecular complexity index is 347. The minimum atomic E-state index is -0.311. The summed E-state index contributed by atoms with van der Waals surface area (Å²) >= 11 is 0. The van der Waals surface area contributed by atoms with E-state index in [1.165, 1.54) is 18.9 Å². The van der Waals surface area contributed by atoms with Crippen LogP contribution in [0.25, 0.3) is 0 Å². The molecule has 82 valence electrons. The molecule has 1 fully saturated rings. The van der Waals surface area contributed by atoms with Crippen LogP contribution in [0.1, 0.15) is 31.4 Å². The highest BCUT2D eigenvalue weighted by molar-refractivity contribution is 5.29. The lowest BCUT2D eigenvalue weighted by atomic mass is 10.1. The summed E-state index contributed by atoms with van der Waals surface area (Å²) < 4.78 is 13.6. The molecule has 0 radical (unpaired) electrons. The molecular formula is C12H16FNO. The molecule has 0 saturated carbocycles. The van der Waals surface area contributed by atoms with E-state index in [-0.39, 0.29) is 17.6 Å². The van der Waals surface area contributed by atoms with Gasteiger partial charge in [0.25, 0.3) is 0 Å². The normalized spacial score (nSPS) is 19.3. The smallest absolute Gasteiger partial charge is 0.131 e. The molecule has 1 aliphatic heterocycles. The maximum Gasteiger partial charge on any atom is 0.131 e. The highest BCUT2D eigenvalue weighted by atomic mass is 19.1. The molecule has 0 aliphatic carbocycles. The van der Waals surface area contributed by atoms with Crippen LogP contribution in [0.2, 0.25) is 0 Å². The van der Waals surface area contributed by atoms with Crippen molar-refractivity contribution in [3.05, 3.63) is 29.6 Å². The number of aromatic hydroxyl groups is 1. The molecule has 1 N–H and O–H groups in total. The number of rotatable bonds is 2. The number of likely N-dealkylation sites (tertiary alicyclic amines) is 1.